The molecule has 3 fully saturated rings. The van der Waals surface area contributed by atoms with Crippen LogP contribution in [0.15, 0.2) is 64.2 Å². The number of guanidine groups is 1. The number of aliphatic imine (C=N–C) groups is 1. The number of aliphatic carboxylic acids is 1. The molecule has 3 aliphatic rings. The van der Waals surface area contributed by atoms with Gasteiger partial charge in [0.15, 0.2) is 5.96 Å². The lowest BCUT2D eigenvalue weighted by atomic mass is 9.80. The molecule has 0 radical (unpaired) electrons. The van der Waals surface area contributed by atoms with Crippen molar-refractivity contribution in [3.05, 3.63) is 70.3 Å². The predicted molar refractivity (Wildman–Crippen MR) is 418 cm³/mol. The number of hydrogen-bond acceptors (Lipinski definition) is 20. The third-order valence-corrected chi connectivity index (χ3v) is 21.5. The Morgan fingerprint density at radius 3 is 1.97 bits per heavy atom. The molecule has 115 heavy (non-hydrogen) atoms. The topological polar surface area (TPSA) is 602 Å². The number of cyclic esters (lactones) is 1. The van der Waals surface area contributed by atoms with Crippen LogP contribution in [0.4, 0.5) is 0 Å². The number of likely N-dealkylation sites (tertiary alicyclic amines) is 1. The lowest BCUT2D eigenvalue weighted by Crippen LogP contribution is -2.64. The van der Waals surface area contributed by atoms with Crippen LogP contribution in [0.25, 0.3) is 10.9 Å². The molecule has 6 rings (SSSR count). The summed E-state index contributed by atoms with van der Waals surface area (Å²) in [5.74, 6) is -19.3. The number of halogens is 1. The number of aromatic nitrogens is 1. The van der Waals surface area contributed by atoms with E-state index in [-0.39, 0.29) is 64.6 Å². The molecule has 3 saturated heterocycles. The predicted octanol–water partition coefficient (Wildman–Crippen LogP) is -2.55. The van der Waals surface area contributed by atoms with Gasteiger partial charge in [0, 0.05) is 60.5 Å². The molecule has 4 heterocycles. The summed E-state index contributed by atoms with van der Waals surface area (Å²) in [6.45, 7) is 15.3. The highest BCUT2D eigenvalue weighted by Crippen LogP contribution is 2.30. The van der Waals surface area contributed by atoms with E-state index in [1.54, 1.807) is 110 Å². The summed E-state index contributed by atoms with van der Waals surface area (Å²) < 4.78 is 42.7. The van der Waals surface area contributed by atoms with Crippen molar-refractivity contribution in [1.29, 1.82) is 0 Å². The number of carbonyl (C=O) groups excluding carboxylic acids is 15. The highest BCUT2D eigenvalue weighted by molar-refractivity contribution is 9.10. The number of nitrogens with two attached hydrogens (primary N) is 3. The molecule has 39 nitrogen and oxygen atoms in total. The van der Waals surface area contributed by atoms with Crippen molar-refractivity contribution in [2.75, 3.05) is 25.4 Å². The van der Waals surface area contributed by atoms with E-state index in [9.17, 15) is 75.6 Å². The maximum absolute atomic E-state index is 15.4. The van der Waals surface area contributed by atoms with Gasteiger partial charge in [0.2, 0.25) is 83.2 Å². The monoisotopic (exact) mass is 1690 g/mol. The van der Waals surface area contributed by atoms with Gasteiger partial charge in [-0.3, -0.25) is 81.5 Å². The van der Waals surface area contributed by atoms with Crippen LogP contribution < -0.4 is 75.7 Å². The van der Waals surface area contributed by atoms with Crippen molar-refractivity contribution in [3.63, 3.8) is 0 Å². The SMILES string of the molecule is CCC(C)(C)[C@H](NC(=O)[C@H](NC(=O)[C@@H]1CCCN1C(=O)[C@H](Cc1ccc(Br)cc1)NC(=O)[C@@H](C)NC=O)C(C)(C)C)C(=O)N[C@H](Cc1c[nH]c2ccccc12)C(=O)N[C@@H](CCCN=C(N)N)C(=O)N[C@H](CS(=O)(=O)O)C(=O)NC1C(=O)NC(CCC(N)=O)C(=O)NC(C(C)C)C(=O)N2CCC[C@H]2C(=O)NC(CC(=O)O)C(=O)O[C@@H]1C. The van der Waals surface area contributed by atoms with Gasteiger partial charge in [0.25, 0.3) is 10.1 Å². The van der Waals surface area contributed by atoms with Crippen molar-refractivity contribution >= 4 is 138 Å². The van der Waals surface area contributed by atoms with E-state index in [2.05, 4.69) is 84.4 Å². The summed E-state index contributed by atoms with van der Waals surface area (Å²) in [6.07, 6.45) is -2.45. The highest BCUT2D eigenvalue weighted by Gasteiger charge is 2.47. The molecule has 14 amide bonds. The summed E-state index contributed by atoms with van der Waals surface area (Å²) in [5.41, 5.74) is 16.1. The Hall–Kier alpha value is -10.8. The molecule has 14 atom stereocenters. The summed E-state index contributed by atoms with van der Waals surface area (Å²) in [4.78, 5) is 235. The van der Waals surface area contributed by atoms with Gasteiger partial charge in [-0.15, -0.1) is 0 Å². The first-order chi connectivity index (χ1) is 53.8. The first-order valence-electron chi connectivity index (χ1n) is 37.7. The average Bonchev–Trinajstić information content (AvgIpc) is 1.78. The van der Waals surface area contributed by atoms with Crippen LogP contribution in [-0.2, 0) is 104 Å². The highest BCUT2D eigenvalue weighted by atomic mass is 79.9. The summed E-state index contributed by atoms with van der Waals surface area (Å²) in [7, 11) is -5.40. The Morgan fingerprint density at radius 2 is 1.35 bits per heavy atom. The molecule has 2 aromatic carbocycles. The standard InChI is InChI=1S/C74H107BrN18O21S/c1-11-74(9,10)58(91-67(106)57(73(6,7)8)90-65(104)52-21-15-29-92(52)69(108)48(85-59(98)38(4)81-36-94)31-40-22-24-42(75)25-23-40)68(107)84-47(32-41-34-80-44-18-13-12-17-43(41)44)62(101)82-45(19-14-28-79-72(77)78)60(99)87-50(35-115(111,112)113)63(102)89-56-39(5)114-71(110)49(33-54(96)97)86-64(103)51-20-16-30-93(51)70(109)55(37(2)3)88-61(100)46(83-66(56)105)26-27-53(76)95/h12-13,17-18,22-25,34,36-39,45-52,55-58,80H,11,14-16,19-21,26-33,35H2,1-10H3,(H2,76,95)(H,81,94)(H,82,101)(H,83,105)(H,84,107)(H,85,98)(H,86,103)(H,87,99)(H,88,100)(H,89,102)(H,90,104)(H,91,106)(H,96,97)(H4,77,78,79)(H,111,112,113)/t38-,39-,45+,46?,47-,48+,49?,50-,51+,52+,55?,56?,57+,58-/m1/s1. The largest absolute Gasteiger partial charge is 0.481 e. The number of para-hydroxylation sites is 1. The smallest absolute Gasteiger partial charge is 0.329 e. The number of carboxylic acids is 1. The number of H-pyrrole nitrogens is 1. The second-order valence-corrected chi connectivity index (χ2v) is 33.3. The zero-order valence-corrected chi connectivity index (χ0v) is 68.2. The number of nitrogens with zero attached hydrogens (tertiary/aromatic N) is 3. The number of benzene rings is 2. The van der Waals surface area contributed by atoms with Crippen LogP contribution in [-0.4, -0.2) is 244 Å². The number of fused-ring (bicyclic) bond motifs is 2. The second-order valence-electron chi connectivity index (χ2n) is 30.9. The number of carbonyl (C=O) groups is 16. The van der Waals surface area contributed by atoms with Crippen molar-refractivity contribution < 1.29 is 99.5 Å². The van der Waals surface area contributed by atoms with Gasteiger partial charge in [-0.25, -0.2) is 4.79 Å². The molecular formula is C74H107BrN18O21S. The van der Waals surface area contributed by atoms with Crippen LogP contribution in [0, 0.1) is 16.7 Å². The van der Waals surface area contributed by atoms with E-state index >= 15 is 19.2 Å². The van der Waals surface area contributed by atoms with Gasteiger partial charge in [0.05, 0.1) is 6.42 Å². The minimum atomic E-state index is -5.40. The van der Waals surface area contributed by atoms with E-state index in [4.69, 9.17) is 21.9 Å². The molecule has 0 aliphatic carbocycles. The van der Waals surface area contributed by atoms with Crippen molar-refractivity contribution in [2.24, 2.45) is 38.9 Å². The van der Waals surface area contributed by atoms with Gasteiger partial charge in [-0.05, 0) is 111 Å². The van der Waals surface area contributed by atoms with Crippen LogP contribution in [0.5, 0.6) is 0 Å². The Morgan fingerprint density at radius 1 is 0.730 bits per heavy atom. The molecule has 41 heteroatoms. The minimum Gasteiger partial charge on any atom is -0.481 e. The average molecular weight is 1700 g/mol. The quantitative estimate of drug-likeness (QED) is 0.00720. The lowest BCUT2D eigenvalue weighted by molar-refractivity contribution is -0.159. The fourth-order valence-corrected chi connectivity index (χ4v) is 14.3. The number of hydrogen-bond donors (Lipinski definition) is 17. The van der Waals surface area contributed by atoms with Crippen LogP contribution >= 0.6 is 15.9 Å². The molecule has 3 aliphatic heterocycles. The van der Waals surface area contributed by atoms with Crippen molar-refractivity contribution in [2.45, 2.75) is 231 Å². The van der Waals surface area contributed by atoms with E-state index in [1.165, 1.54) is 11.8 Å². The molecule has 1 aromatic heterocycles. The Bertz CT molecular complexity index is 4240. The van der Waals surface area contributed by atoms with E-state index in [0.717, 1.165) is 16.3 Å². The third kappa shape index (κ3) is 26.9. The van der Waals surface area contributed by atoms with Crippen molar-refractivity contribution in [1.82, 2.24) is 73.3 Å². The fourth-order valence-electron chi connectivity index (χ4n) is 13.4. The molecular weight excluding hydrogens is 1590 g/mol. The van der Waals surface area contributed by atoms with Crippen LogP contribution in [0.3, 0.4) is 0 Å². The number of primary amides is 1. The summed E-state index contributed by atoms with van der Waals surface area (Å²) >= 11 is 3.39. The maximum Gasteiger partial charge on any atom is 0.329 e. The normalized spacial score (nSPS) is 21.0. The number of rotatable bonds is 35. The zero-order chi connectivity index (χ0) is 85.7. The van der Waals surface area contributed by atoms with Crippen LogP contribution in [0.2, 0.25) is 0 Å². The molecule has 4 unspecified atom stereocenters. The summed E-state index contributed by atoms with van der Waals surface area (Å²) in [6, 6.07) is -7.55. The number of carboxylic acid groups (broad SMARTS) is 1. The number of nitrogens with one attached hydrogen (secondary N) is 12. The number of esters is 1. The fraction of sp³-hybridized carbons (Fsp3) is 0.581. The molecule has 0 saturated carbocycles. The molecule has 3 aromatic rings. The molecule has 0 bridgehead atoms. The molecule has 0 spiro atoms. The van der Waals surface area contributed by atoms with E-state index in [0.29, 0.717) is 34.9 Å². The lowest BCUT2D eigenvalue weighted by Gasteiger charge is -2.38. The Balaban J connectivity index is 1.34. The minimum absolute atomic E-state index is 0.00798. The first-order valence-corrected chi connectivity index (χ1v) is 40.1. The molecule has 632 valence electrons. The Kier molecular flexibility index (Phi) is 33.5. The zero-order valence-electron chi connectivity index (χ0n) is 65.8. The van der Waals surface area contributed by atoms with Gasteiger partial charge in [-0.2, -0.15) is 8.42 Å². The van der Waals surface area contributed by atoms with Crippen LogP contribution in [0.1, 0.15) is 145 Å². The van der Waals surface area contributed by atoms with Crippen molar-refractivity contribution in [3.8, 4) is 0 Å². The number of amides is 14. The maximum atomic E-state index is 15.4. The summed E-state index contributed by atoms with van der Waals surface area (Å²) in [5, 5.41) is 38.0. The van der Waals surface area contributed by atoms with Gasteiger partial charge >= 0.3 is 11.9 Å². The van der Waals surface area contributed by atoms with Gasteiger partial charge < -0.3 is 100 Å². The van der Waals surface area contributed by atoms with Gasteiger partial charge in [0.1, 0.15) is 90.4 Å². The third-order valence-electron chi connectivity index (χ3n) is 20.2. The molecule has 20 N–H and O–H groups in total. The first kappa shape index (κ1) is 93.0. The number of ether oxygens (including phenoxy) is 1. The Labute approximate surface area is 673 Å². The number of aromatic amines is 1. The van der Waals surface area contributed by atoms with E-state index in [1.807, 2.05) is 0 Å². The van der Waals surface area contributed by atoms with Gasteiger partial charge in [-0.1, -0.05) is 102 Å². The van der Waals surface area contributed by atoms with E-state index < -0.39 is 238 Å². The second kappa shape index (κ2) is 41.5.